The summed E-state index contributed by atoms with van der Waals surface area (Å²) in [6.45, 7) is 6.85. The zero-order chi connectivity index (χ0) is 12.6. The van der Waals surface area contributed by atoms with Crippen LogP contribution in [-0.2, 0) is 0 Å². The highest BCUT2D eigenvalue weighted by Gasteiger charge is 2.20. The van der Waals surface area contributed by atoms with Crippen molar-refractivity contribution >= 4 is 0 Å². The van der Waals surface area contributed by atoms with Gasteiger partial charge in [0.05, 0.1) is 0 Å². The molecule has 0 radical (unpaired) electrons. The summed E-state index contributed by atoms with van der Waals surface area (Å²) in [6.07, 6.45) is 5.52. The van der Waals surface area contributed by atoms with Crippen LogP contribution in [0.2, 0.25) is 0 Å². The van der Waals surface area contributed by atoms with Crippen molar-refractivity contribution in [2.24, 2.45) is 0 Å². The fourth-order valence-corrected chi connectivity index (χ4v) is 2.17. The fourth-order valence-electron chi connectivity index (χ4n) is 2.17. The molecule has 3 heteroatoms. The third-order valence-electron chi connectivity index (χ3n) is 2.98. The topological polar surface area (TPSA) is 9.72 Å². The predicted molar refractivity (Wildman–Crippen MR) is 72.6 cm³/mol. The highest BCUT2D eigenvalue weighted by atomic mass is 15.5. The van der Waals surface area contributed by atoms with Crippen LogP contribution < -0.4 is 0 Å². The molecule has 0 spiro atoms. The Morgan fingerprint density at radius 1 is 0.750 bits per heavy atom. The first-order valence-electron chi connectivity index (χ1n) is 6.61. The highest BCUT2D eigenvalue weighted by molar-refractivity contribution is 4.66. The average molecular weight is 229 g/mol. The normalized spacial score (nSPS) is 12.4. The van der Waals surface area contributed by atoms with Crippen molar-refractivity contribution in [1.82, 2.24) is 14.7 Å². The second kappa shape index (κ2) is 8.97. The van der Waals surface area contributed by atoms with E-state index in [1.807, 2.05) is 0 Å². The summed E-state index contributed by atoms with van der Waals surface area (Å²) in [5.74, 6) is 0. The minimum atomic E-state index is 0.429. The van der Waals surface area contributed by atoms with Gasteiger partial charge in [-0.3, -0.25) is 14.7 Å². The number of hydrogen-bond acceptors (Lipinski definition) is 3. The van der Waals surface area contributed by atoms with Crippen LogP contribution >= 0.6 is 0 Å². The Labute approximate surface area is 102 Å². The first kappa shape index (κ1) is 15.9. The van der Waals surface area contributed by atoms with Crippen LogP contribution in [0.15, 0.2) is 0 Å². The molecule has 0 bridgehead atoms. The second-order valence-electron chi connectivity index (χ2n) is 4.98. The number of hydrogen-bond donors (Lipinski definition) is 0. The molecule has 0 rings (SSSR count). The monoisotopic (exact) mass is 229 g/mol. The first-order chi connectivity index (χ1) is 7.54. The molecule has 98 valence electrons. The minimum absolute atomic E-state index is 0.429. The maximum Gasteiger partial charge on any atom is 0.118 e. The van der Waals surface area contributed by atoms with Crippen LogP contribution in [-0.4, -0.2) is 62.3 Å². The van der Waals surface area contributed by atoms with Gasteiger partial charge in [-0.2, -0.15) is 0 Å². The van der Waals surface area contributed by atoms with E-state index in [1.54, 1.807) is 0 Å². The molecule has 0 atom stereocenters. The minimum Gasteiger partial charge on any atom is -0.282 e. The van der Waals surface area contributed by atoms with E-state index >= 15 is 0 Å². The number of nitrogens with zero attached hydrogens (tertiary/aromatic N) is 3. The van der Waals surface area contributed by atoms with Crippen molar-refractivity contribution in [3.63, 3.8) is 0 Å². The van der Waals surface area contributed by atoms with E-state index < -0.39 is 0 Å². The molecule has 0 saturated heterocycles. The molecular formula is C13H31N3. The molecule has 0 fully saturated rings. The predicted octanol–water partition coefficient (Wildman–Crippen LogP) is 2.30. The quantitative estimate of drug-likeness (QED) is 0.562. The molecule has 16 heavy (non-hydrogen) atoms. The van der Waals surface area contributed by atoms with Crippen LogP contribution in [0.3, 0.4) is 0 Å². The first-order valence-corrected chi connectivity index (χ1v) is 6.61. The van der Waals surface area contributed by atoms with Crippen LogP contribution in [0.1, 0.15) is 39.5 Å². The van der Waals surface area contributed by atoms with Crippen molar-refractivity contribution in [2.75, 3.05) is 41.3 Å². The maximum atomic E-state index is 2.44. The molecule has 0 aromatic rings. The largest absolute Gasteiger partial charge is 0.282 e. The van der Waals surface area contributed by atoms with E-state index in [-0.39, 0.29) is 0 Å². The number of rotatable bonds is 9. The van der Waals surface area contributed by atoms with Crippen LogP contribution in [0.5, 0.6) is 0 Å². The molecule has 0 heterocycles. The van der Waals surface area contributed by atoms with E-state index in [9.17, 15) is 0 Å². The SMILES string of the molecule is CCCCN(C)C(N(C)C)N(C)CCCC. The van der Waals surface area contributed by atoms with Gasteiger partial charge in [-0.15, -0.1) is 0 Å². The standard InChI is InChI=1S/C13H31N3/c1-7-9-11-15(5)13(14(3)4)16(6)12-10-8-2/h13H,7-12H2,1-6H3. The Morgan fingerprint density at radius 3 is 1.38 bits per heavy atom. The molecule has 3 nitrogen and oxygen atoms in total. The Balaban J connectivity index is 4.23. The van der Waals surface area contributed by atoms with Crippen LogP contribution in [0.25, 0.3) is 0 Å². The van der Waals surface area contributed by atoms with Crippen molar-refractivity contribution in [3.05, 3.63) is 0 Å². The second-order valence-corrected chi connectivity index (χ2v) is 4.98. The molecule has 0 aliphatic heterocycles. The molecule has 0 aliphatic carbocycles. The van der Waals surface area contributed by atoms with Gasteiger partial charge >= 0.3 is 0 Å². The van der Waals surface area contributed by atoms with Crippen LogP contribution in [0.4, 0.5) is 0 Å². The molecule has 0 saturated carbocycles. The summed E-state index contributed by atoms with van der Waals surface area (Å²) in [5, 5.41) is 0. The summed E-state index contributed by atoms with van der Waals surface area (Å²) < 4.78 is 0. The van der Waals surface area contributed by atoms with E-state index in [0.717, 1.165) is 0 Å². The summed E-state index contributed by atoms with van der Waals surface area (Å²) in [4.78, 5) is 7.18. The molecule has 0 N–H and O–H groups in total. The maximum absolute atomic E-state index is 2.44. The molecular weight excluding hydrogens is 198 g/mol. The van der Waals surface area contributed by atoms with Gasteiger partial charge in [0.2, 0.25) is 0 Å². The molecule has 0 amide bonds. The summed E-state index contributed by atoms with van der Waals surface area (Å²) in [5.41, 5.74) is 0. The van der Waals surface area contributed by atoms with Gasteiger partial charge in [-0.1, -0.05) is 26.7 Å². The lowest BCUT2D eigenvalue weighted by Gasteiger charge is -2.39. The van der Waals surface area contributed by atoms with Crippen molar-refractivity contribution < 1.29 is 0 Å². The van der Waals surface area contributed by atoms with Gasteiger partial charge in [0.25, 0.3) is 0 Å². The van der Waals surface area contributed by atoms with E-state index in [4.69, 9.17) is 0 Å². The van der Waals surface area contributed by atoms with Gasteiger partial charge < -0.3 is 0 Å². The van der Waals surface area contributed by atoms with Crippen LogP contribution in [0, 0.1) is 0 Å². The van der Waals surface area contributed by atoms with Crippen molar-refractivity contribution in [3.8, 4) is 0 Å². The zero-order valence-electron chi connectivity index (χ0n) is 12.2. The summed E-state index contributed by atoms with van der Waals surface area (Å²) >= 11 is 0. The molecule has 0 aromatic heterocycles. The zero-order valence-corrected chi connectivity index (χ0v) is 12.2. The lowest BCUT2D eigenvalue weighted by atomic mass is 10.3. The van der Waals surface area contributed by atoms with Gasteiger partial charge in [-0.05, 0) is 41.0 Å². The lowest BCUT2D eigenvalue weighted by Crippen LogP contribution is -2.53. The molecule has 0 aliphatic rings. The number of unbranched alkanes of at least 4 members (excludes halogenated alkanes) is 2. The summed E-state index contributed by atoms with van der Waals surface area (Å²) in [6, 6.07) is 0. The summed E-state index contributed by atoms with van der Waals surface area (Å²) in [7, 11) is 8.77. The Morgan fingerprint density at radius 2 is 1.12 bits per heavy atom. The van der Waals surface area contributed by atoms with E-state index in [1.165, 1.54) is 38.8 Å². The van der Waals surface area contributed by atoms with Crippen molar-refractivity contribution in [1.29, 1.82) is 0 Å². The van der Waals surface area contributed by atoms with Gasteiger partial charge in [-0.25, -0.2) is 0 Å². The smallest absolute Gasteiger partial charge is 0.118 e. The highest BCUT2D eigenvalue weighted by Crippen LogP contribution is 2.07. The van der Waals surface area contributed by atoms with Gasteiger partial charge in [0.15, 0.2) is 0 Å². The average Bonchev–Trinajstić information content (AvgIpc) is 2.23. The Kier molecular flexibility index (Phi) is 8.90. The van der Waals surface area contributed by atoms with E-state index in [2.05, 4.69) is 56.7 Å². The molecule has 0 aromatic carbocycles. The molecule has 0 unspecified atom stereocenters. The van der Waals surface area contributed by atoms with E-state index in [0.29, 0.717) is 6.29 Å². The van der Waals surface area contributed by atoms with Gasteiger partial charge in [0.1, 0.15) is 6.29 Å². The lowest BCUT2D eigenvalue weighted by molar-refractivity contribution is -0.0217. The Bertz CT molecular complexity index is 145. The third kappa shape index (κ3) is 5.83. The fraction of sp³-hybridized carbons (Fsp3) is 1.00. The van der Waals surface area contributed by atoms with Gasteiger partial charge in [0, 0.05) is 13.1 Å². The third-order valence-corrected chi connectivity index (χ3v) is 2.98. The Hall–Kier alpha value is -0.120. The van der Waals surface area contributed by atoms with Crippen molar-refractivity contribution in [2.45, 2.75) is 45.8 Å².